The average Bonchev–Trinajstić information content (AvgIpc) is 3.38. The topological polar surface area (TPSA) is 97.6 Å². The van der Waals surface area contributed by atoms with E-state index in [0.717, 1.165) is 10.6 Å². The molecule has 3 heterocycles. The molecule has 8 nitrogen and oxygen atoms in total. The van der Waals surface area contributed by atoms with Crippen molar-refractivity contribution in [3.8, 4) is 16.4 Å². The zero-order valence-corrected chi connectivity index (χ0v) is 15.0. The van der Waals surface area contributed by atoms with Crippen LogP contribution in [0.25, 0.3) is 16.4 Å². The molecule has 1 atom stereocenters. The molecule has 0 bridgehead atoms. The number of hydrogen-bond acceptors (Lipinski definition) is 6. The van der Waals surface area contributed by atoms with Gasteiger partial charge in [0.2, 0.25) is 5.82 Å². The Morgan fingerprint density at radius 1 is 1.19 bits per heavy atom. The largest absolute Gasteiger partial charge is 0.479 e. The van der Waals surface area contributed by atoms with Crippen LogP contribution >= 0.6 is 11.3 Å². The van der Waals surface area contributed by atoms with Crippen molar-refractivity contribution in [1.82, 2.24) is 19.7 Å². The molecule has 2 aromatic heterocycles. The first-order valence-corrected chi connectivity index (χ1v) is 9.21. The lowest BCUT2D eigenvalue weighted by Gasteiger charge is -2.29. The van der Waals surface area contributed by atoms with Crippen LogP contribution in [-0.2, 0) is 9.53 Å². The number of aliphatic carboxylic acids is 1. The lowest BCUT2D eigenvalue weighted by molar-refractivity contribution is -0.154. The van der Waals surface area contributed by atoms with E-state index in [-0.39, 0.29) is 19.0 Å². The number of nitrogens with zero attached hydrogens (tertiary/aromatic N) is 4. The number of amides is 1. The standard InChI is InChI=1S/C18H16N4O4S/c23-17(21-8-9-26-13(11-21)18(24)25)15-19-16(14-7-4-10-27-14)22(20-15)12-5-2-1-3-6-12/h1-7,10,13H,8-9,11H2,(H,24,25). The number of rotatable bonds is 4. The van der Waals surface area contributed by atoms with Crippen LogP contribution in [0, 0.1) is 0 Å². The van der Waals surface area contributed by atoms with E-state index in [2.05, 4.69) is 10.1 Å². The highest BCUT2D eigenvalue weighted by molar-refractivity contribution is 7.13. The molecule has 1 aliphatic heterocycles. The fourth-order valence-corrected chi connectivity index (χ4v) is 3.54. The highest BCUT2D eigenvalue weighted by atomic mass is 32.1. The maximum absolute atomic E-state index is 12.9. The summed E-state index contributed by atoms with van der Waals surface area (Å²) in [6.45, 7) is 0.444. The Hall–Kier alpha value is -3.04. The maximum atomic E-state index is 12.9. The summed E-state index contributed by atoms with van der Waals surface area (Å²) in [5.74, 6) is -0.887. The summed E-state index contributed by atoms with van der Waals surface area (Å²) in [6, 6.07) is 13.3. The molecule has 138 valence electrons. The van der Waals surface area contributed by atoms with Crippen LogP contribution in [0.3, 0.4) is 0 Å². The molecule has 3 aromatic rings. The van der Waals surface area contributed by atoms with Gasteiger partial charge in [-0.1, -0.05) is 24.3 Å². The molecule has 1 N–H and O–H groups in total. The van der Waals surface area contributed by atoms with Crippen molar-refractivity contribution in [2.24, 2.45) is 0 Å². The molecule has 27 heavy (non-hydrogen) atoms. The second-order valence-corrected chi connectivity index (χ2v) is 6.88. The van der Waals surface area contributed by atoms with Crippen molar-refractivity contribution in [1.29, 1.82) is 0 Å². The van der Waals surface area contributed by atoms with E-state index in [4.69, 9.17) is 9.84 Å². The van der Waals surface area contributed by atoms with Gasteiger partial charge >= 0.3 is 5.97 Å². The van der Waals surface area contributed by atoms with Crippen LogP contribution in [0.15, 0.2) is 47.8 Å². The van der Waals surface area contributed by atoms with E-state index < -0.39 is 18.0 Å². The summed E-state index contributed by atoms with van der Waals surface area (Å²) in [5.41, 5.74) is 0.790. The minimum absolute atomic E-state index is 0.0254. The summed E-state index contributed by atoms with van der Waals surface area (Å²) in [4.78, 5) is 30.8. The normalized spacial score (nSPS) is 17.0. The Balaban J connectivity index is 1.69. The summed E-state index contributed by atoms with van der Waals surface area (Å²) in [6.07, 6.45) is -1.03. The van der Waals surface area contributed by atoms with E-state index in [9.17, 15) is 9.59 Å². The van der Waals surface area contributed by atoms with Crippen LogP contribution in [0.5, 0.6) is 0 Å². The number of thiophene rings is 1. The second-order valence-electron chi connectivity index (χ2n) is 5.93. The Labute approximate surface area is 158 Å². The number of morpholine rings is 1. The number of carboxylic acid groups (broad SMARTS) is 1. The van der Waals surface area contributed by atoms with E-state index in [0.29, 0.717) is 12.4 Å². The third-order valence-electron chi connectivity index (χ3n) is 4.17. The molecule has 1 saturated heterocycles. The van der Waals surface area contributed by atoms with Gasteiger partial charge < -0.3 is 14.7 Å². The molecule has 1 fully saturated rings. The molecule has 0 aliphatic carbocycles. The summed E-state index contributed by atoms with van der Waals surface area (Å²) < 4.78 is 6.81. The number of carboxylic acids is 1. The predicted octanol–water partition coefficient (Wildman–Crippen LogP) is 1.92. The van der Waals surface area contributed by atoms with Crippen LogP contribution < -0.4 is 0 Å². The predicted molar refractivity (Wildman–Crippen MR) is 98.0 cm³/mol. The quantitative estimate of drug-likeness (QED) is 0.738. The zero-order valence-electron chi connectivity index (χ0n) is 14.2. The SMILES string of the molecule is O=C(O)C1CN(C(=O)c2nc(-c3cccs3)n(-c3ccccc3)n2)CCO1. The van der Waals surface area contributed by atoms with Gasteiger partial charge in [-0.15, -0.1) is 16.4 Å². The average molecular weight is 384 g/mol. The van der Waals surface area contributed by atoms with Gasteiger partial charge in [0.1, 0.15) is 0 Å². The van der Waals surface area contributed by atoms with Crippen molar-refractivity contribution in [3.63, 3.8) is 0 Å². The molecule has 0 spiro atoms. The number of carbonyl (C=O) groups excluding carboxylic acids is 1. The first-order chi connectivity index (χ1) is 13.1. The Morgan fingerprint density at radius 3 is 2.70 bits per heavy atom. The van der Waals surface area contributed by atoms with E-state index in [1.807, 2.05) is 47.8 Å². The first-order valence-electron chi connectivity index (χ1n) is 8.33. The minimum atomic E-state index is -1.09. The maximum Gasteiger partial charge on any atom is 0.334 e. The smallest absolute Gasteiger partial charge is 0.334 e. The van der Waals surface area contributed by atoms with Crippen LogP contribution in [0.1, 0.15) is 10.6 Å². The Morgan fingerprint density at radius 2 is 2.00 bits per heavy atom. The number of carbonyl (C=O) groups is 2. The number of benzene rings is 1. The fourth-order valence-electron chi connectivity index (χ4n) is 2.84. The van der Waals surface area contributed by atoms with Gasteiger partial charge in [0.25, 0.3) is 5.91 Å². The van der Waals surface area contributed by atoms with E-state index in [1.54, 1.807) is 4.68 Å². The lowest BCUT2D eigenvalue weighted by Crippen LogP contribution is -2.48. The van der Waals surface area contributed by atoms with Gasteiger partial charge in [-0.25, -0.2) is 14.5 Å². The number of ether oxygens (including phenoxy) is 1. The highest BCUT2D eigenvalue weighted by Gasteiger charge is 2.31. The molecule has 1 unspecified atom stereocenters. The minimum Gasteiger partial charge on any atom is -0.479 e. The Bertz CT molecular complexity index is 955. The van der Waals surface area contributed by atoms with Crippen LogP contribution in [-0.4, -0.2) is 62.4 Å². The number of aromatic nitrogens is 3. The molecule has 1 amide bonds. The van der Waals surface area contributed by atoms with Gasteiger partial charge in [-0.2, -0.15) is 0 Å². The Kier molecular flexibility index (Phi) is 4.69. The van der Waals surface area contributed by atoms with Gasteiger partial charge in [0.15, 0.2) is 11.9 Å². The molecular weight excluding hydrogens is 368 g/mol. The van der Waals surface area contributed by atoms with Crippen molar-refractivity contribution in [2.45, 2.75) is 6.10 Å². The fraction of sp³-hybridized carbons (Fsp3) is 0.222. The van der Waals surface area contributed by atoms with Crippen molar-refractivity contribution in [3.05, 3.63) is 53.7 Å². The molecular formula is C18H16N4O4S. The molecule has 0 saturated carbocycles. The summed E-state index contributed by atoms with van der Waals surface area (Å²) in [7, 11) is 0. The van der Waals surface area contributed by atoms with Gasteiger partial charge in [0.05, 0.1) is 23.7 Å². The number of hydrogen-bond donors (Lipinski definition) is 1. The molecule has 9 heteroatoms. The van der Waals surface area contributed by atoms with Crippen molar-refractivity contribution < 1.29 is 19.4 Å². The molecule has 1 aliphatic rings. The van der Waals surface area contributed by atoms with E-state index in [1.165, 1.54) is 16.2 Å². The first kappa shape index (κ1) is 17.4. The third kappa shape index (κ3) is 3.46. The highest BCUT2D eigenvalue weighted by Crippen LogP contribution is 2.26. The zero-order chi connectivity index (χ0) is 18.8. The third-order valence-corrected chi connectivity index (χ3v) is 5.04. The van der Waals surface area contributed by atoms with Crippen LogP contribution in [0.2, 0.25) is 0 Å². The summed E-state index contributed by atoms with van der Waals surface area (Å²) >= 11 is 1.50. The van der Waals surface area contributed by atoms with E-state index >= 15 is 0 Å². The van der Waals surface area contributed by atoms with Gasteiger partial charge in [0, 0.05) is 6.54 Å². The lowest BCUT2D eigenvalue weighted by atomic mass is 10.2. The van der Waals surface area contributed by atoms with Gasteiger partial charge in [-0.3, -0.25) is 4.79 Å². The monoisotopic (exact) mass is 384 g/mol. The summed E-state index contributed by atoms with van der Waals surface area (Å²) in [5, 5.41) is 15.5. The van der Waals surface area contributed by atoms with Crippen molar-refractivity contribution in [2.75, 3.05) is 19.7 Å². The van der Waals surface area contributed by atoms with Gasteiger partial charge in [-0.05, 0) is 23.6 Å². The molecule has 4 rings (SSSR count). The second kappa shape index (κ2) is 7.29. The van der Waals surface area contributed by atoms with Crippen molar-refractivity contribution >= 4 is 23.2 Å². The molecule has 0 radical (unpaired) electrons. The van der Waals surface area contributed by atoms with Crippen LogP contribution in [0.4, 0.5) is 0 Å². The molecule has 1 aromatic carbocycles. The number of para-hydroxylation sites is 1.